The summed E-state index contributed by atoms with van der Waals surface area (Å²) in [5, 5.41) is 23.4. The summed E-state index contributed by atoms with van der Waals surface area (Å²) >= 11 is 0. The average molecular weight is 330 g/mol. The van der Waals surface area contributed by atoms with Crippen LogP contribution in [0.4, 0.5) is 11.4 Å². The molecule has 132 valence electrons. The van der Waals surface area contributed by atoms with Crippen molar-refractivity contribution in [2.24, 2.45) is 0 Å². The lowest BCUT2D eigenvalue weighted by Crippen LogP contribution is -2.25. The Morgan fingerprint density at radius 3 is 1.25 bits per heavy atom. The maximum absolute atomic E-state index is 10.6. The molecule has 0 bridgehead atoms. The van der Waals surface area contributed by atoms with Gasteiger partial charge in [0.2, 0.25) is 0 Å². The fraction of sp³-hybridized carbons (Fsp3) is 0.500. The number of benzene rings is 2. The highest BCUT2D eigenvalue weighted by atomic mass is 16.3. The van der Waals surface area contributed by atoms with Crippen molar-refractivity contribution in [1.82, 2.24) is 0 Å². The van der Waals surface area contributed by atoms with Crippen LogP contribution in [-0.2, 0) is 11.2 Å². The Bertz CT molecular complexity index is 690. The molecule has 0 saturated heterocycles. The first-order valence-electron chi connectivity index (χ1n) is 8.25. The van der Waals surface area contributed by atoms with Gasteiger partial charge in [-0.15, -0.1) is 0 Å². The highest BCUT2D eigenvalue weighted by molar-refractivity contribution is 6.06. The smallest absolute Gasteiger partial charge is 0.0860 e. The summed E-state index contributed by atoms with van der Waals surface area (Å²) in [6, 6.07) is 8.05. The van der Waals surface area contributed by atoms with Crippen molar-refractivity contribution in [3.8, 4) is 0 Å². The average Bonchev–Trinajstić information content (AvgIpc) is 2.42. The predicted molar refractivity (Wildman–Crippen MR) is 103 cm³/mol. The van der Waals surface area contributed by atoms with E-state index in [0.29, 0.717) is 0 Å². The number of hydrogen-bond acceptors (Lipinski definition) is 4. The van der Waals surface area contributed by atoms with Crippen LogP contribution in [-0.4, -0.2) is 38.4 Å². The molecule has 0 atom stereocenters. The summed E-state index contributed by atoms with van der Waals surface area (Å²) in [7, 11) is 7.95. The summed E-state index contributed by atoms with van der Waals surface area (Å²) < 4.78 is 0. The molecule has 0 spiro atoms. The third-order valence-corrected chi connectivity index (χ3v) is 4.34. The zero-order valence-electron chi connectivity index (χ0n) is 16.1. The molecule has 2 rings (SSSR count). The van der Waals surface area contributed by atoms with E-state index in [0.717, 1.165) is 33.3 Å². The third kappa shape index (κ3) is 3.21. The highest BCUT2D eigenvalue weighted by Crippen LogP contribution is 2.44. The van der Waals surface area contributed by atoms with E-state index >= 15 is 0 Å². The van der Waals surface area contributed by atoms with Gasteiger partial charge in [-0.2, -0.15) is 0 Å². The second kappa shape index (κ2) is 5.94. The molecule has 4 heteroatoms. The van der Waals surface area contributed by atoms with Crippen LogP contribution in [0, 0.1) is 0 Å². The van der Waals surface area contributed by atoms with Crippen LogP contribution in [0.5, 0.6) is 0 Å². The van der Waals surface area contributed by atoms with Crippen molar-refractivity contribution in [2.75, 3.05) is 38.0 Å². The van der Waals surface area contributed by atoms with Crippen molar-refractivity contribution >= 4 is 22.1 Å². The van der Waals surface area contributed by atoms with Crippen molar-refractivity contribution in [3.63, 3.8) is 0 Å². The van der Waals surface area contributed by atoms with E-state index in [1.165, 1.54) is 0 Å². The number of fused-ring (bicyclic) bond motifs is 1. The third-order valence-electron chi connectivity index (χ3n) is 4.34. The number of aliphatic hydroxyl groups is 2. The van der Waals surface area contributed by atoms with Gasteiger partial charge in [-0.1, -0.05) is 24.3 Å². The minimum absolute atomic E-state index is 0.871. The van der Waals surface area contributed by atoms with Crippen LogP contribution in [0.25, 0.3) is 10.8 Å². The fourth-order valence-corrected chi connectivity index (χ4v) is 3.30. The van der Waals surface area contributed by atoms with Gasteiger partial charge in [-0.05, 0) is 33.1 Å². The highest BCUT2D eigenvalue weighted by Gasteiger charge is 2.28. The Kier molecular flexibility index (Phi) is 4.59. The van der Waals surface area contributed by atoms with E-state index in [4.69, 9.17) is 0 Å². The SMILES string of the molecule is CN(C)c1c(C(C)(C)O)ccc2ccc(C(C)(C)O)c(N(C)C)c12. The number of anilines is 2. The quantitative estimate of drug-likeness (QED) is 0.902. The first-order chi connectivity index (χ1) is 10.9. The van der Waals surface area contributed by atoms with Crippen LogP contribution in [0.3, 0.4) is 0 Å². The lowest BCUT2D eigenvalue weighted by Gasteiger charge is -2.32. The second-order valence-electron chi connectivity index (χ2n) is 7.93. The van der Waals surface area contributed by atoms with Gasteiger partial charge in [-0.3, -0.25) is 0 Å². The molecule has 0 aromatic heterocycles. The Balaban J connectivity index is 3.07. The zero-order valence-corrected chi connectivity index (χ0v) is 16.1. The minimum Gasteiger partial charge on any atom is -0.386 e. The van der Waals surface area contributed by atoms with E-state index in [-0.39, 0.29) is 0 Å². The lowest BCUT2D eigenvalue weighted by molar-refractivity contribution is 0.0790. The van der Waals surface area contributed by atoms with Gasteiger partial charge >= 0.3 is 0 Å². The molecule has 0 amide bonds. The normalized spacial score (nSPS) is 12.6. The van der Waals surface area contributed by atoms with Gasteiger partial charge in [0.1, 0.15) is 0 Å². The van der Waals surface area contributed by atoms with Crippen LogP contribution in [0.15, 0.2) is 24.3 Å². The standard InChI is InChI=1S/C20H30N2O2/c1-19(2,23)14-11-9-13-10-12-15(20(3,4)24)18(22(7)8)16(13)17(14)21(5)6/h9-12,23-24H,1-8H3. The molecule has 0 aliphatic rings. The topological polar surface area (TPSA) is 46.9 Å². The van der Waals surface area contributed by atoms with Crippen molar-refractivity contribution in [2.45, 2.75) is 38.9 Å². The summed E-state index contributed by atoms with van der Waals surface area (Å²) in [5.74, 6) is 0. The molecule has 2 aromatic carbocycles. The summed E-state index contributed by atoms with van der Waals surface area (Å²) in [6.07, 6.45) is 0. The molecule has 0 unspecified atom stereocenters. The largest absolute Gasteiger partial charge is 0.386 e. The van der Waals surface area contributed by atoms with Gasteiger partial charge in [0.05, 0.1) is 22.6 Å². The molecule has 24 heavy (non-hydrogen) atoms. The summed E-state index contributed by atoms with van der Waals surface area (Å²) in [6.45, 7) is 7.21. The first-order valence-corrected chi connectivity index (χ1v) is 8.25. The monoisotopic (exact) mass is 330 g/mol. The maximum Gasteiger partial charge on any atom is 0.0860 e. The van der Waals surface area contributed by atoms with Gasteiger partial charge in [0.25, 0.3) is 0 Å². The van der Waals surface area contributed by atoms with E-state index < -0.39 is 11.2 Å². The Morgan fingerprint density at radius 1 is 0.667 bits per heavy atom. The molecule has 4 nitrogen and oxygen atoms in total. The Morgan fingerprint density at radius 2 is 1.00 bits per heavy atom. The zero-order chi connectivity index (χ0) is 18.4. The predicted octanol–water partition coefficient (Wildman–Crippen LogP) is 3.43. The fourth-order valence-electron chi connectivity index (χ4n) is 3.30. The van der Waals surface area contributed by atoms with Gasteiger partial charge < -0.3 is 20.0 Å². The van der Waals surface area contributed by atoms with Crippen LogP contribution < -0.4 is 9.80 Å². The Hall–Kier alpha value is -1.78. The second-order valence-corrected chi connectivity index (χ2v) is 7.93. The molecule has 0 aliphatic carbocycles. The van der Waals surface area contributed by atoms with E-state index in [2.05, 4.69) is 0 Å². The maximum atomic E-state index is 10.6. The van der Waals surface area contributed by atoms with Gasteiger partial charge in [0, 0.05) is 44.7 Å². The molecular formula is C20H30N2O2. The number of rotatable bonds is 4. The Labute approximate surface area is 145 Å². The van der Waals surface area contributed by atoms with E-state index in [1.54, 1.807) is 27.7 Å². The van der Waals surface area contributed by atoms with Crippen LogP contribution in [0.2, 0.25) is 0 Å². The molecule has 2 N–H and O–H groups in total. The van der Waals surface area contributed by atoms with Crippen molar-refractivity contribution in [3.05, 3.63) is 35.4 Å². The molecule has 0 heterocycles. The van der Waals surface area contributed by atoms with Crippen LogP contribution in [0.1, 0.15) is 38.8 Å². The van der Waals surface area contributed by atoms with Crippen molar-refractivity contribution < 1.29 is 10.2 Å². The van der Waals surface area contributed by atoms with Gasteiger partial charge in [-0.25, -0.2) is 0 Å². The van der Waals surface area contributed by atoms with Crippen molar-refractivity contribution in [1.29, 1.82) is 0 Å². The lowest BCUT2D eigenvalue weighted by atomic mass is 9.87. The number of nitrogens with zero attached hydrogens (tertiary/aromatic N) is 2. The van der Waals surface area contributed by atoms with E-state index in [1.807, 2.05) is 62.3 Å². The molecule has 0 radical (unpaired) electrons. The molecule has 2 aromatic rings. The number of hydrogen-bond donors (Lipinski definition) is 2. The van der Waals surface area contributed by atoms with Crippen LogP contribution >= 0.6 is 0 Å². The first kappa shape index (κ1) is 18.6. The summed E-state index contributed by atoms with van der Waals surface area (Å²) in [4.78, 5) is 4.08. The van der Waals surface area contributed by atoms with Gasteiger partial charge in [0.15, 0.2) is 0 Å². The summed E-state index contributed by atoms with van der Waals surface area (Å²) in [5.41, 5.74) is 1.79. The minimum atomic E-state index is -0.956. The molecule has 0 aliphatic heterocycles. The molecule has 0 saturated carbocycles. The molecular weight excluding hydrogens is 300 g/mol. The van der Waals surface area contributed by atoms with E-state index in [9.17, 15) is 10.2 Å². The molecule has 0 fully saturated rings.